The van der Waals surface area contributed by atoms with Crippen LogP contribution in [0.3, 0.4) is 0 Å². The molecule has 2 fully saturated rings. The Morgan fingerprint density at radius 1 is 1.21 bits per heavy atom. The minimum atomic E-state index is -0.356. The Kier molecular flexibility index (Phi) is 4.39. The third-order valence-corrected chi connectivity index (χ3v) is 3.70. The molecule has 19 heavy (non-hydrogen) atoms. The maximum Gasteiger partial charge on any atom is 0.245 e. The number of carbonyl (C=O) groups is 3. The lowest BCUT2D eigenvalue weighted by atomic mass is 10.2. The quantitative estimate of drug-likeness (QED) is 0.765. The zero-order valence-corrected chi connectivity index (χ0v) is 11.4. The largest absolute Gasteiger partial charge is 0.344 e. The maximum atomic E-state index is 12.2. The van der Waals surface area contributed by atoms with Crippen molar-refractivity contribution >= 4 is 17.7 Å². The van der Waals surface area contributed by atoms with Crippen LogP contribution in [-0.4, -0.2) is 59.7 Å². The van der Waals surface area contributed by atoms with Crippen molar-refractivity contribution in [2.45, 2.75) is 38.6 Å². The highest BCUT2D eigenvalue weighted by Crippen LogP contribution is 2.12. The smallest absolute Gasteiger partial charge is 0.245 e. The standard InChI is InChI=1S/C13H21N3O3/c1-2-3-12(18)15-6-8-16(9-7-15)13(19)10-4-5-11(17)14-10/h10H,2-9H2,1H3,(H,14,17). The van der Waals surface area contributed by atoms with Gasteiger partial charge in [-0.1, -0.05) is 6.92 Å². The van der Waals surface area contributed by atoms with E-state index in [9.17, 15) is 14.4 Å². The van der Waals surface area contributed by atoms with Crippen molar-refractivity contribution in [2.75, 3.05) is 26.2 Å². The monoisotopic (exact) mass is 267 g/mol. The molecule has 6 heteroatoms. The van der Waals surface area contributed by atoms with Crippen LogP contribution in [0.1, 0.15) is 32.6 Å². The Hall–Kier alpha value is -1.59. The van der Waals surface area contributed by atoms with Gasteiger partial charge in [0.05, 0.1) is 0 Å². The van der Waals surface area contributed by atoms with E-state index in [4.69, 9.17) is 0 Å². The molecule has 0 aliphatic carbocycles. The molecular formula is C13H21N3O3. The van der Waals surface area contributed by atoms with Gasteiger partial charge in [0.2, 0.25) is 17.7 Å². The summed E-state index contributed by atoms with van der Waals surface area (Å²) in [6, 6.07) is -0.356. The molecular weight excluding hydrogens is 246 g/mol. The van der Waals surface area contributed by atoms with Gasteiger partial charge in [0.15, 0.2) is 0 Å². The van der Waals surface area contributed by atoms with Crippen LogP contribution in [-0.2, 0) is 14.4 Å². The molecule has 0 spiro atoms. The summed E-state index contributed by atoms with van der Waals surface area (Å²) in [6.45, 7) is 4.33. The first-order valence-corrected chi connectivity index (χ1v) is 6.97. The predicted molar refractivity (Wildman–Crippen MR) is 69.2 cm³/mol. The number of amides is 3. The van der Waals surface area contributed by atoms with Gasteiger partial charge in [-0.25, -0.2) is 0 Å². The van der Waals surface area contributed by atoms with Gasteiger partial charge in [-0.15, -0.1) is 0 Å². The first kappa shape index (κ1) is 13.8. The van der Waals surface area contributed by atoms with Crippen LogP contribution in [0.15, 0.2) is 0 Å². The van der Waals surface area contributed by atoms with Crippen LogP contribution >= 0.6 is 0 Å². The van der Waals surface area contributed by atoms with Crippen LogP contribution in [0.4, 0.5) is 0 Å². The second-order valence-corrected chi connectivity index (χ2v) is 5.11. The van der Waals surface area contributed by atoms with E-state index in [1.807, 2.05) is 11.8 Å². The van der Waals surface area contributed by atoms with E-state index in [-0.39, 0.29) is 23.8 Å². The predicted octanol–water partition coefficient (Wildman–Crippen LogP) is -0.264. The number of carbonyl (C=O) groups excluding carboxylic acids is 3. The van der Waals surface area contributed by atoms with Crippen molar-refractivity contribution in [3.8, 4) is 0 Å². The van der Waals surface area contributed by atoms with Crippen LogP contribution in [0.25, 0.3) is 0 Å². The summed E-state index contributed by atoms with van der Waals surface area (Å²) in [5.41, 5.74) is 0. The molecule has 2 saturated heterocycles. The molecule has 106 valence electrons. The molecule has 0 radical (unpaired) electrons. The minimum Gasteiger partial charge on any atom is -0.344 e. The van der Waals surface area contributed by atoms with E-state index in [2.05, 4.69) is 5.32 Å². The van der Waals surface area contributed by atoms with E-state index in [1.54, 1.807) is 4.90 Å². The highest BCUT2D eigenvalue weighted by molar-refractivity contribution is 5.91. The van der Waals surface area contributed by atoms with Crippen LogP contribution in [0, 0.1) is 0 Å². The summed E-state index contributed by atoms with van der Waals surface area (Å²) in [5.74, 6) is 0.118. The summed E-state index contributed by atoms with van der Waals surface area (Å²) in [4.78, 5) is 38.6. The second-order valence-electron chi connectivity index (χ2n) is 5.11. The molecule has 6 nitrogen and oxygen atoms in total. The highest BCUT2D eigenvalue weighted by atomic mass is 16.2. The van der Waals surface area contributed by atoms with Gasteiger partial charge in [0, 0.05) is 39.0 Å². The molecule has 0 aromatic heterocycles. The zero-order chi connectivity index (χ0) is 13.8. The topological polar surface area (TPSA) is 69.7 Å². The Bertz CT molecular complexity index is 375. The number of hydrogen-bond donors (Lipinski definition) is 1. The average Bonchev–Trinajstić information content (AvgIpc) is 2.85. The van der Waals surface area contributed by atoms with Gasteiger partial charge in [-0.3, -0.25) is 14.4 Å². The number of nitrogens with zero attached hydrogens (tertiary/aromatic N) is 2. The van der Waals surface area contributed by atoms with E-state index in [0.717, 1.165) is 6.42 Å². The fraction of sp³-hybridized carbons (Fsp3) is 0.769. The molecule has 0 aromatic carbocycles. The minimum absolute atomic E-state index is 0.00607. The third kappa shape index (κ3) is 3.24. The molecule has 2 aliphatic heterocycles. The second kappa shape index (κ2) is 6.04. The Balaban J connectivity index is 1.81. The van der Waals surface area contributed by atoms with Gasteiger partial charge in [-0.2, -0.15) is 0 Å². The first-order valence-electron chi connectivity index (χ1n) is 6.97. The van der Waals surface area contributed by atoms with Gasteiger partial charge in [0.1, 0.15) is 6.04 Å². The van der Waals surface area contributed by atoms with E-state index >= 15 is 0 Å². The normalized spacial score (nSPS) is 23.4. The Morgan fingerprint density at radius 2 is 1.84 bits per heavy atom. The van der Waals surface area contributed by atoms with Crippen LogP contribution in [0.5, 0.6) is 0 Å². The highest BCUT2D eigenvalue weighted by Gasteiger charge is 2.32. The van der Waals surface area contributed by atoms with E-state index in [1.165, 1.54) is 0 Å². The number of hydrogen-bond acceptors (Lipinski definition) is 3. The zero-order valence-electron chi connectivity index (χ0n) is 11.4. The van der Waals surface area contributed by atoms with E-state index < -0.39 is 0 Å². The summed E-state index contributed by atoms with van der Waals surface area (Å²) in [7, 11) is 0. The molecule has 1 atom stereocenters. The lowest BCUT2D eigenvalue weighted by Gasteiger charge is -2.35. The van der Waals surface area contributed by atoms with Crippen molar-refractivity contribution < 1.29 is 14.4 Å². The number of rotatable bonds is 3. The van der Waals surface area contributed by atoms with Crippen LogP contribution < -0.4 is 5.32 Å². The fourth-order valence-corrected chi connectivity index (χ4v) is 2.57. The molecule has 2 aliphatic rings. The molecule has 3 amide bonds. The first-order chi connectivity index (χ1) is 9.11. The number of piperazine rings is 1. The van der Waals surface area contributed by atoms with Gasteiger partial charge >= 0.3 is 0 Å². The maximum absolute atomic E-state index is 12.2. The van der Waals surface area contributed by atoms with E-state index in [0.29, 0.717) is 45.4 Å². The van der Waals surface area contributed by atoms with Crippen molar-refractivity contribution in [3.05, 3.63) is 0 Å². The van der Waals surface area contributed by atoms with Gasteiger partial charge < -0.3 is 15.1 Å². The Labute approximate surface area is 113 Å². The van der Waals surface area contributed by atoms with Crippen molar-refractivity contribution in [2.24, 2.45) is 0 Å². The summed E-state index contributed by atoms with van der Waals surface area (Å²) >= 11 is 0. The summed E-state index contributed by atoms with van der Waals surface area (Å²) in [5, 5.41) is 2.69. The molecule has 0 bridgehead atoms. The summed E-state index contributed by atoms with van der Waals surface area (Å²) in [6.07, 6.45) is 2.46. The van der Waals surface area contributed by atoms with Gasteiger partial charge in [0.25, 0.3) is 0 Å². The molecule has 2 rings (SSSR count). The molecule has 0 saturated carbocycles. The molecule has 0 aromatic rings. The molecule has 1 N–H and O–H groups in total. The summed E-state index contributed by atoms with van der Waals surface area (Å²) < 4.78 is 0. The van der Waals surface area contributed by atoms with Crippen LogP contribution in [0.2, 0.25) is 0 Å². The van der Waals surface area contributed by atoms with Crippen molar-refractivity contribution in [1.82, 2.24) is 15.1 Å². The Morgan fingerprint density at radius 3 is 2.37 bits per heavy atom. The van der Waals surface area contributed by atoms with Crippen molar-refractivity contribution in [1.29, 1.82) is 0 Å². The third-order valence-electron chi connectivity index (χ3n) is 3.70. The lowest BCUT2D eigenvalue weighted by molar-refractivity contribution is -0.141. The lowest BCUT2D eigenvalue weighted by Crippen LogP contribution is -2.54. The van der Waals surface area contributed by atoms with Gasteiger partial charge in [-0.05, 0) is 12.8 Å². The molecule has 2 heterocycles. The van der Waals surface area contributed by atoms with Crippen molar-refractivity contribution in [3.63, 3.8) is 0 Å². The number of nitrogens with one attached hydrogen (secondary N) is 1. The molecule has 1 unspecified atom stereocenters. The SMILES string of the molecule is CCCC(=O)N1CCN(C(=O)C2CCC(=O)N2)CC1. The average molecular weight is 267 g/mol. The fourth-order valence-electron chi connectivity index (χ4n) is 2.57.